The maximum absolute atomic E-state index is 12.4. The molecule has 0 unspecified atom stereocenters. The molecule has 0 spiro atoms. The van der Waals surface area contributed by atoms with Gasteiger partial charge in [0.15, 0.2) is 5.11 Å². The van der Waals surface area contributed by atoms with Gasteiger partial charge in [-0.2, -0.15) is 0 Å². The van der Waals surface area contributed by atoms with Crippen molar-refractivity contribution in [3.63, 3.8) is 0 Å². The van der Waals surface area contributed by atoms with Crippen LogP contribution in [-0.2, 0) is 4.74 Å². The van der Waals surface area contributed by atoms with Gasteiger partial charge in [-0.3, -0.25) is 10.1 Å². The number of nitrogens with one attached hydrogen (secondary N) is 2. The molecule has 1 amide bonds. The largest absolute Gasteiger partial charge is 0.495 e. The minimum absolute atomic E-state index is 0.151. The summed E-state index contributed by atoms with van der Waals surface area (Å²) in [5.74, 6) is 0.822. The molecule has 0 saturated heterocycles. The molecule has 0 aliphatic heterocycles. The standard InChI is InChI=1S/C18H18BrClN2O4S/c1-24-7-8-26-15-5-3-11(9-13(15)19)17(23)22-18(27)21-12-4-6-16(25-2)14(20)10-12/h3-6,9-10H,7-8H2,1-2H3,(H2,21,22,23,27). The van der Waals surface area contributed by atoms with Crippen molar-refractivity contribution in [1.82, 2.24) is 5.32 Å². The van der Waals surface area contributed by atoms with Crippen molar-refractivity contribution in [3.05, 3.63) is 51.5 Å². The number of rotatable bonds is 7. The van der Waals surface area contributed by atoms with E-state index in [4.69, 9.17) is 38.0 Å². The highest BCUT2D eigenvalue weighted by Crippen LogP contribution is 2.27. The van der Waals surface area contributed by atoms with Gasteiger partial charge >= 0.3 is 0 Å². The molecule has 0 atom stereocenters. The van der Waals surface area contributed by atoms with Crippen molar-refractivity contribution in [2.75, 3.05) is 32.8 Å². The van der Waals surface area contributed by atoms with Crippen LogP contribution in [0.15, 0.2) is 40.9 Å². The summed E-state index contributed by atoms with van der Waals surface area (Å²) in [4.78, 5) is 12.4. The molecule has 6 nitrogen and oxygen atoms in total. The summed E-state index contributed by atoms with van der Waals surface area (Å²) in [6.07, 6.45) is 0. The van der Waals surface area contributed by atoms with Crippen LogP contribution in [0.2, 0.25) is 5.02 Å². The first-order valence-electron chi connectivity index (χ1n) is 7.81. The lowest BCUT2D eigenvalue weighted by molar-refractivity contribution is 0.0977. The molecule has 144 valence electrons. The highest BCUT2D eigenvalue weighted by atomic mass is 79.9. The number of thiocarbonyl (C=S) groups is 1. The number of halogens is 2. The summed E-state index contributed by atoms with van der Waals surface area (Å²) in [5, 5.41) is 6.11. The molecule has 2 N–H and O–H groups in total. The highest BCUT2D eigenvalue weighted by molar-refractivity contribution is 9.10. The second-order valence-electron chi connectivity index (χ2n) is 5.24. The Morgan fingerprint density at radius 1 is 1.15 bits per heavy atom. The zero-order chi connectivity index (χ0) is 19.8. The third kappa shape index (κ3) is 6.35. The van der Waals surface area contributed by atoms with E-state index in [1.54, 1.807) is 43.5 Å². The summed E-state index contributed by atoms with van der Waals surface area (Å²) in [6, 6.07) is 10.1. The zero-order valence-corrected chi connectivity index (χ0v) is 17.8. The Bertz CT molecular complexity index is 835. The number of anilines is 1. The van der Waals surface area contributed by atoms with Gasteiger partial charge in [0.1, 0.15) is 18.1 Å². The molecule has 0 bridgehead atoms. The van der Waals surface area contributed by atoms with Crippen LogP contribution in [0, 0.1) is 0 Å². The normalized spacial score (nSPS) is 10.2. The van der Waals surface area contributed by atoms with E-state index in [1.165, 1.54) is 7.11 Å². The summed E-state index contributed by atoms with van der Waals surface area (Å²) in [5.41, 5.74) is 1.06. The SMILES string of the molecule is COCCOc1ccc(C(=O)NC(=S)Nc2ccc(OC)c(Cl)c2)cc1Br. The molecule has 0 aliphatic carbocycles. The van der Waals surface area contributed by atoms with Crippen molar-refractivity contribution in [2.45, 2.75) is 0 Å². The van der Waals surface area contributed by atoms with E-state index in [0.717, 1.165) is 0 Å². The minimum atomic E-state index is -0.351. The highest BCUT2D eigenvalue weighted by Gasteiger charge is 2.11. The van der Waals surface area contributed by atoms with Gasteiger partial charge in [0.2, 0.25) is 0 Å². The Hall–Kier alpha value is -1.87. The van der Waals surface area contributed by atoms with Crippen molar-refractivity contribution in [3.8, 4) is 11.5 Å². The fourth-order valence-corrected chi connectivity index (χ4v) is 3.04. The number of carbonyl (C=O) groups excluding carboxylic acids is 1. The molecule has 0 aliphatic rings. The predicted molar refractivity (Wildman–Crippen MR) is 113 cm³/mol. The van der Waals surface area contributed by atoms with Gasteiger partial charge in [-0.1, -0.05) is 11.6 Å². The van der Waals surface area contributed by atoms with E-state index in [-0.39, 0.29) is 11.0 Å². The Balaban J connectivity index is 1.96. The number of hydrogen-bond donors (Lipinski definition) is 2. The molecule has 0 fully saturated rings. The van der Waals surface area contributed by atoms with Gasteiger partial charge < -0.3 is 19.5 Å². The number of amides is 1. The Morgan fingerprint density at radius 3 is 2.52 bits per heavy atom. The van der Waals surface area contributed by atoms with Gasteiger partial charge in [-0.15, -0.1) is 0 Å². The van der Waals surface area contributed by atoms with E-state index in [9.17, 15) is 4.79 Å². The first kappa shape index (κ1) is 21.4. The van der Waals surface area contributed by atoms with Gasteiger partial charge in [-0.05, 0) is 64.5 Å². The van der Waals surface area contributed by atoms with E-state index in [2.05, 4.69) is 26.6 Å². The monoisotopic (exact) mass is 472 g/mol. The molecule has 2 rings (SSSR count). The smallest absolute Gasteiger partial charge is 0.257 e. The number of ether oxygens (including phenoxy) is 3. The maximum atomic E-state index is 12.4. The van der Waals surface area contributed by atoms with Crippen LogP contribution < -0.4 is 20.1 Å². The molecule has 2 aromatic carbocycles. The van der Waals surface area contributed by atoms with Gasteiger partial charge in [0.25, 0.3) is 5.91 Å². The first-order valence-corrected chi connectivity index (χ1v) is 9.39. The first-order chi connectivity index (χ1) is 12.9. The fraction of sp³-hybridized carbons (Fsp3) is 0.222. The van der Waals surface area contributed by atoms with Crippen LogP contribution in [0.5, 0.6) is 11.5 Å². The second-order valence-corrected chi connectivity index (χ2v) is 6.91. The molecule has 2 aromatic rings. The molecule has 9 heteroatoms. The number of benzene rings is 2. The molecule has 0 radical (unpaired) electrons. The summed E-state index contributed by atoms with van der Waals surface area (Å²) in [6.45, 7) is 0.892. The van der Waals surface area contributed by atoms with Crippen molar-refractivity contribution >= 4 is 56.5 Å². The van der Waals surface area contributed by atoms with Gasteiger partial charge in [0.05, 0.1) is 23.2 Å². The van der Waals surface area contributed by atoms with Gasteiger partial charge in [-0.25, -0.2) is 0 Å². The zero-order valence-electron chi connectivity index (χ0n) is 14.7. The van der Waals surface area contributed by atoms with E-state index >= 15 is 0 Å². The fourth-order valence-electron chi connectivity index (χ4n) is 2.08. The minimum Gasteiger partial charge on any atom is -0.495 e. The van der Waals surface area contributed by atoms with Crippen LogP contribution >= 0.6 is 39.7 Å². The van der Waals surface area contributed by atoms with Crippen LogP contribution in [0.4, 0.5) is 5.69 Å². The summed E-state index contributed by atoms with van der Waals surface area (Å²) in [7, 11) is 3.13. The lowest BCUT2D eigenvalue weighted by Crippen LogP contribution is -2.34. The van der Waals surface area contributed by atoms with Gasteiger partial charge in [0, 0.05) is 18.4 Å². The second kappa shape index (κ2) is 10.5. The van der Waals surface area contributed by atoms with E-state index in [1.807, 2.05) is 0 Å². The summed E-state index contributed by atoms with van der Waals surface area (Å²) >= 11 is 14.6. The van der Waals surface area contributed by atoms with Crippen molar-refractivity contribution in [1.29, 1.82) is 0 Å². The van der Waals surface area contributed by atoms with Crippen LogP contribution in [0.3, 0.4) is 0 Å². The predicted octanol–water partition coefficient (Wildman–Crippen LogP) is 4.26. The number of methoxy groups -OCH3 is 2. The molecule has 0 saturated carbocycles. The average Bonchev–Trinajstić information content (AvgIpc) is 2.63. The number of hydrogen-bond acceptors (Lipinski definition) is 5. The lowest BCUT2D eigenvalue weighted by atomic mass is 10.2. The maximum Gasteiger partial charge on any atom is 0.257 e. The number of carbonyl (C=O) groups is 1. The Labute approximate surface area is 176 Å². The van der Waals surface area contributed by atoms with Crippen molar-refractivity contribution < 1.29 is 19.0 Å². The van der Waals surface area contributed by atoms with Crippen LogP contribution in [-0.4, -0.2) is 38.5 Å². The lowest BCUT2D eigenvalue weighted by Gasteiger charge is -2.12. The topological polar surface area (TPSA) is 68.8 Å². The van der Waals surface area contributed by atoms with Crippen molar-refractivity contribution in [2.24, 2.45) is 0 Å². The Kier molecular flexibility index (Phi) is 8.30. The molecule has 0 aromatic heterocycles. The van der Waals surface area contributed by atoms with Crippen LogP contribution in [0.1, 0.15) is 10.4 Å². The molecule has 0 heterocycles. The average molecular weight is 474 g/mol. The summed E-state index contributed by atoms with van der Waals surface area (Å²) < 4.78 is 16.2. The Morgan fingerprint density at radius 2 is 1.89 bits per heavy atom. The van der Waals surface area contributed by atoms with E-state index < -0.39 is 0 Å². The van der Waals surface area contributed by atoms with Crippen LogP contribution in [0.25, 0.3) is 0 Å². The third-order valence-electron chi connectivity index (χ3n) is 3.38. The molecular weight excluding hydrogens is 456 g/mol. The molecular formula is C18H18BrClN2O4S. The molecule has 27 heavy (non-hydrogen) atoms. The van der Waals surface area contributed by atoms with E-state index in [0.29, 0.717) is 45.5 Å². The third-order valence-corrected chi connectivity index (χ3v) is 4.50. The quantitative estimate of drug-likeness (QED) is 0.462.